The minimum Gasteiger partial charge on any atom is -0.381 e. The highest BCUT2D eigenvalue weighted by molar-refractivity contribution is 6.04. The topological polar surface area (TPSA) is 93.8 Å². The molecule has 3 aliphatic rings. The lowest BCUT2D eigenvalue weighted by Gasteiger charge is -2.43. The molecule has 4 heterocycles. The minimum absolute atomic E-state index is 0.0515. The van der Waals surface area contributed by atoms with E-state index >= 15 is 0 Å². The lowest BCUT2D eigenvalue weighted by Crippen LogP contribution is -2.57. The van der Waals surface area contributed by atoms with Crippen LogP contribution in [0.15, 0.2) is 30.3 Å². The van der Waals surface area contributed by atoms with Crippen LogP contribution in [0.4, 0.5) is 10.6 Å². The Balaban J connectivity index is 1.20. The minimum atomic E-state index is -0.207. The Labute approximate surface area is 200 Å². The molecule has 5 rings (SSSR count). The van der Waals surface area contributed by atoms with Gasteiger partial charge in [0.1, 0.15) is 0 Å². The number of rotatable bonds is 4. The van der Waals surface area contributed by atoms with E-state index in [0.29, 0.717) is 23.8 Å². The van der Waals surface area contributed by atoms with Gasteiger partial charge in [-0.1, -0.05) is 18.2 Å². The van der Waals surface area contributed by atoms with Gasteiger partial charge in [-0.25, -0.2) is 4.79 Å². The molecule has 3 amide bonds. The normalized spacial score (nSPS) is 23.7. The Bertz CT molecular complexity index is 1020. The molecule has 0 aliphatic carbocycles. The molecule has 0 spiro atoms. The quantitative estimate of drug-likeness (QED) is 0.722. The van der Waals surface area contributed by atoms with E-state index in [2.05, 4.69) is 27.3 Å². The van der Waals surface area contributed by atoms with E-state index in [4.69, 9.17) is 4.74 Å². The monoisotopic (exact) mass is 466 g/mol. The molecule has 2 saturated heterocycles. The first-order chi connectivity index (χ1) is 16.5. The molecule has 2 atom stereocenters. The lowest BCUT2D eigenvalue weighted by molar-refractivity contribution is 0.0328. The molecule has 3 aliphatic heterocycles. The second-order valence-corrected chi connectivity index (χ2v) is 9.73. The standard InChI is InChI=1S/C25H34N6O3/c1-17-14-29(15-19-8-12-34-13-9-19)10-11-30(17)25(33)31-16-21-22(18(31)2)27-28-23(21)26-24(32)20-6-4-3-5-7-20/h3-7,17-19H,8-16H2,1-2H3,(H2,26,27,28,32). The van der Waals surface area contributed by atoms with Gasteiger partial charge in [-0.15, -0.1) is 0 Å². The van der Waals surface area contributed by atoms with Crippen LogP contribution in [-0.4, -0.2) is 82.3 Å². The summed E-state index contributed by atoms with van der Waals surface area (Å²) < 4.78 is 5.49. The van der Waals surface area contributed by atoms with Gasteiger partial charge in [0.05, 0.1) is 18.3 Å². The summed E-state index contributed by atoms with van der Waals surface area (Å²) in [5.41, 5.74) is 2.35. The first-order valence-corrected chi connectivity index (χ1v) is 12.3. The molecule has 0 radical (unpaired) electrons. The van der Waals surface area contributed by atoms with Crippen molar-refractivity contribution in [3.63, 3.8) is 0 Å². The van der Waals surface area contributed by atoms with Crippen LogP contribution < -0.4 is 5.32 Å². The molecule has 9 heteroatoms. The number of nitrogens with zero attached hydrogens (tertiary/aromatic N) is 4. The van der Waals surface area contributed by atoms with Gasteiger partial charge in [0.25, 0.3) is 5.91 Å². The van der Waals surface area contributed by atoms with E-state index in [1.807, 2.05) is 34.9 Å². The lowest BCUT2D eigenvalue weighted by atomic mass is 9.99. The van der Waals surface area contributed by atoms with Crippen molar-refractivity contribution in [3.8, 4) is 0 Å². The van der Waals surface area contributed by atoms with Crippen molar-refractivity contribution in [1.29, 1.82) is 0 Å². The highest BCUT2D eigenvalue weighted by Crippen LogP contribution is 2.37. The number of fused-ring (bicyclic) bond motifs is 1. The number of aromatic nitrogens is 2. The first-order valence-electron chi connectivity index (χ1n) is 12.3. The van der Waals surface area contributed by atoms with Crippen LogP contribution in [0.1, 0.15) is 54.3 Å². The van der Waals surface area contributed by atoms with E-state index in [1.54, 1.807) is 12.1 Å². The molecule has 182 valence electrons. The summed E-state index contributed by atoms with van der Waals surface area (Å²) >= 11 is 0. The summed E-state index contributed by atoms with van der Waals surface area (Å²) in [6.45, 7) is 9.95. The fourth-order valence-electron chi connectivity index (χ4n) is 5.40. The fourth-order valence-corrected chi connectivity index (χ4v) is 5.40. The van der Waals surface area contributed by atoms with Crippen LogP contribution >= 0.6 is 0 Å². The van der Waals surface area contributed by atoms with Crippen LogP contribution in [0.2, 0.25) is 0 Å². The van der Waals surface area contributed by atoms with E-state index in [9.17, 15) is 9.59 Å². The van der Waals surface area contributed by atoms with Crippen molar-refractivity contribution < 1.29 is 14.3 Å². The molecule has 34 heavy (non-hydrogen) atoms. The maximum atomic E-state index is 13.5. The third kappa shape index (κ3) is 4.54. The van der Waals surface area contributed by atoms with Gasteiger partial charge in [-0.2, -0.15) is 5.10 Å². The number of piperazine rings is 1. The fraction of sp³-hybridized carbons (Fsp3) is 0.560. The van der Waals surface area contributed by atoms with Crippen molar-refractivity contribution in [2.45, 2.75) is 45.3 Å². The largest absolute Gasteiger partial charge is 0.381 e. The number of benzene rings is 1. The van der Waals surface area contributed by atoms with Gasteiger partial charge in [-0.05, 0) is 44.7 Å². The molecular weight excluding hydrogens is 432 g/mol. The van der Waals surface area contributed by atoms with Crippen LogP contribution in [0.3, 0.4) is 0 Å². The number of hydrogen-bond donors (Lipinski definition) is 2. The summed E-state index contributed by atoms with van der Waals surface area (Å²) in [6, 6.07) is 9.16. The van der Waals surface area contributed by atoms with E-state index in [1.165, 1.54) is 0 Å². The number of hydrogen-bond acceptors (Lipinski definition) is 5. The Morgan fingerprint density at radius 1 is 1.12 bits per heavy atom. The maximum Gasteiger partial charge on any atom is 0.321 e. The molecule has 1 aromatic heterocycles. The van der Waals surface area contributed by atoms with E-state index in [-0.39, 0.29) is 24.0 Å². The molecule has 0 bridgehead atoms. The zero-order chi connectivity index (χ0) is 23.7. The molecule has 9 nitrogen and oxygen atoms in total. The molecule has 1 aromatic carbocycles. The van der Waals surface area contributed by atoms with Crippen molar-refractivity contribution in [1.82, 2.24) is 24.9 Å². The Morgan fingerprint density at radius 3 is 2.62 bits per heavy atom. The van der Waals surface area contributed by atoms with Gasteiger partial charge in [0.2, 0.25) is 0 Å². The van der Waals surface area contributed by atoms with E-state index < -0.39 is 0 Å². The van der Waals surface area contributed by atoms with Crippen molar-refractivity contribution in [2.24, 2.45) is 5.92 Å². The van der Waals surface area contributed by atoms with E-state index in [0.717, 1.165) is 63.5 Å². The number of aromatic amines is 1. The number of carbonyl (C=O) groups excluding carboxylic acids is 2. The Morgan fingerprint density at radius 2 is 1.88 bits per heavy atom. The van der Waals surface area contributed by atoms with Crippen molar-refractivity contribution >= 4 is 17.8 Å². The highest BCUT2D eigenvalue weighted by atomic mass is 16.5. The Kier molecular flexibility index (Phi) is 6.56. The average Bonchev–Trinajstić information content (AvgIpc) is 3.40. The zero-order valence-electron chi connectivity index (χ0n) is 20.0. The van der Waals surface area contributed by atoms with Gasteiger partial charge < -0.3 is 19.9 Å². The molecule has 2 aromatic rings. The van der Waals surface area contributed by atoms with Crippen LogP contribution in [0, 0.1) is 5.92 Å². The van der Waals surface area contributed by atoms with Crippen LogP contribution in [-0.2, 0) is 11.3 Å². The highest BCUT2D eigenvalue weighted by Gasteiger charge is 2.39. The number of urea groups is 1. The number of carbonyl (C=O) groups is 2. The number of nitrogens with one attached hydrogen (secondary N) is 2. The molecular formula is C25H34N6O3. The first kappa shape index (κ1) is 22.9. The van der Waals surface area contributed by atoms with Crippen molar-refractivity contribution in [2.75, 3.05) is 44.7 Å². The summed E-state index contributed by atoms with van der Waals surface area (Å²) in [7, 11) is 0. The number of amides is 3. The van der Waals surface area contributed by atoms with Gasteiger partial charge in [0, 0.05) is 56.6 Å². The summed E-state index contributed by atoms with van der Waals surface area (Å²) in [4.78, 5) is 32.5. The third-order valence-electron chi connectivity index (χ3n) is 7.44. The summed E-state index contributed by atoms with van der Waals surface area (Å²) in [5.74, 6) is 0.991. The number of ether oxygens (including phenoxy) is 1. The molecule has 0 saturated carbocycles. The number of anilines is 1. The summed E-state index contributed by atoms with van der Waals surface area (Å²) in [5, 5.41) is 10.3. The smallest absolute Gasteiger partial charge is 0.321 e. The second-order valence-electron chi connectivity index (χ2n) is 9.73. The zero-order valence-corrected chi connectivity index (χ0v) is 20.0. The molecule has 2 unspecified atom stereocenters. The molecule has 2 N–H and O–H groups in total. The number of H-pyrrole nitrogens is 1. The molecule has 2 fully saturated rings. The van der Waals surface area contributed by atoms with Crippen molar-refractivity contribution in [3.05, 3.63) is 47.2 Å². The van der Waals surface area contributed by atoms with Crippen LogP contribution in [0.5, 0.6) is 0 Å². The SMILES string of the molecule is CC1CN(CC2CCOCC2)CCN1C(=O)N1Cc2c(NC(=O)c3ccccc3)n[nH]c2C1C. The second kappa shape index (κ2) is 9.76. The van der Waals surface area contributed by atoms with Gasteiger partial charge >= 0.3 is 6.03 Å². The average molecular weight is 467 g/mol. The van der Waals surface area contributed by atoms with Gasteiger partial charge in [-0.3, -0.25) is 14.8 Å². The maximum absolute atomic E-state index is 13.5. The van der Waals surface area contributed by atoms with Crippen LogP contribution in [0.25, 0.3) is 0 Å². The third-order valence-corrected chi connectivity index (χ3v) is 7.44. The predicted octanol–water partition coefficient (Wildman–Crippen LogP) is 3.09. The Hall–Kier alpha value is -2.91. The van der Waals surface area contributed by atoms with Gasteiger partial charge in [0.15, 0.2) is 5.82 Å². The predicted molar refractivity (Wildman–Crippen MR) is 128 cm³/mol. The summed E-state index contributed by atoms with van der Waals surface area (Å²) in [6.07, 6.45) is 2.27.